The average Bonchev–Trinajstić information content (AvgIpc) is 3.87. The number of aliphatic hydroxyl groups excluding tert-OH is 2. The lowest BCUT2D eigenvalue weighted by molar-refractivity contribution is -0.222. The molecule has 4 fully saturated rings. The van der Waals surface area contributed by atoms with Crippen LogP contribution in [0.4, 0.5) is 21.0 Å². The van der Waals surface area contributed by atoms with E-state index in [1.54, 1.807) is 52.0 Å². The zero-order valence-electron chi connectivity index (χ0n) is 33.1. The maximum Gasteiger partial charge on any atom is 0.319 e. The number of rotatable bonds is 16. The van der Waals surface area contributed by atoms with Crippen molar-refractivity contribution < 1.29 is 57.7 Å². The molecule has 4 heterocycles. The van der Waals surface area contributed by atoms with Gasteiger partial charge in [-0.15, -0.1) is 0 Å². The Labute approximate surface area is 337 Å². The normalized spacial score (nSPS) is 28.9. The van der Waals surface area contributed by atoms with E-state index in [1.165, 1.54) is 0 Å². The van der Waals surface area contributed by atoms with Crippen LogP contribution in [-0.4, -0.2) is 108 Å². The van der Waals surface area contributed by atoms with Gasteiger partial charge in [-0.3, -0.25) is 0 Å². The van der Waals surface area contributed by atoms with Crippen molar-refractivity contribution in [3.63, 3.8) is 0 Å². The van der Waals surface area contributed by atoms with Crippen LogP contribution in [0.1, 0.15) is 51.7 Å². The lowest BCUT2D eigenvalue weighted by Gasteiger charge is -2.31. The van der Waals surface area contributed by atoms with Crippen LogP contribution in [0.15, 0.2) is 84.9 Å². The summed E-state index contributed by atoms with van der Waals surface area (Å²) in [5.74, 6) is -1.77. The maximum absolute atomic E-state index is 13.5. The zero-order chi connectivity index (χ0) is 40.9. The van der Waals surface area contributed by atoms with Gasteiger partial charge in [0.15, 0.2) is 24.2 Å². The molecule has 6 N–H and O–H groups in total. The lowest BCUT2D eigenvalue weighted by Crippen LogP contribution is -2.52. The van der Waals surface area contributed by atoms with Crippen molar-refractivity contribution in [3.8, 4) is 0 Å². The summed E-state index contributed by atoms with van der Waals surface area (Å²) in [6.07, 6.45) is -4.85. The molecule has 10 atom stereocenters. The number of carbonyl (C=O) groups excluding carboxylic acids is 2. The van der Waals surface area contributed by atoms with Crippen molar-refractivity contribution in [2.75, 3.05) is 23.8 Å². The highest BCUT2D eigenvalue weighted by atomic mass is 16.9. The number of aliphatic hydroxyl groups is 2. The van der Waals surface area contributed by atoms with E-state index in [9.17, 15) is 19.8 Å². The van der Waals surface area contributed by atoms with E-state index >= 15 is 0 Å². The fourth-order valence-electron chi connectivity index (χ4n) is 7.83. The average molecular weight is 807 g/mol. The summed E-state index contributed by atoms with van der Waals surface area (Å²) in [5.41, 5.74) is 2.69. The molecule has 4 saturated heterocycles. The Morgan fingerprint density at radius 3 is 1.43 bits per heavy atom. The monoisotopic (exact) mass is 806 g/mol. The second-order valence-electron chi connectivity index (χ2n) is 15.7. The van der Waals surface area contributed by atoms with Crippen molar-refractivity contribution >= 4 is 23.4 Å². The number of hydrogen-bond donors (Lipinski definition) is 6. The predicted octanol–water partition coefficient (Wildman–Crippen LogP) is 4.36. The SMILES string of the molecule is CC1(C)O[C@H]2OC([C@H](CCO)NC(=O)Nc3cccc(NC(=O)N[C@@H](CCO)C4O[C@@H]5OC(C)(C)O[C@@H]5[C@H]4OCc4ccccc4)c3)[C@H](OCc3ccccc3)[C@H]2O1. The molecule has 314 valence electrons. The molecule has 58 heavy (non-hydrogen) atoms. The molecule has 0 saturated carbocycles. The molecular formula is C42H54N4O12. The fraction of sp³-hybridized carbons (Fsp3) is 0.524. The van der Waals surface area contributed by atoms with Crippen LogP contribution < -0.4 is 21.3 Å². The van der Waals surface area contributed by atoms with Crippen LogP contribution in [0, 0.1) is 0 Å². The second-order valence-corrected chi connectivity index (χ2v) is 15.7. The number of nitrogens with one attached hydrogen (secondary N) is 4. The third kappa shape index (κ3) is 10.3. The van der Waals surface area contributed by atoms with Gasteiger partial charge >= 0.3 is 12.1 Å². The predicted molar refractivity (Wildman–Crippen MR) is 209 cm³/mol. The van der Waals surface area contributed by atoms with Gasteiger partial charge in [0.2, 0.25) is 0 Å². The topological polar surface area (TPSA) is 197 Å². The summed E-state index contributed by atoms with van der Waals surface area (Å²) >= 11 is 0. The molecule has 4 aliphatic rings. The number of benzene rings is 3. The molecule has 0 radical (unpaired) electrons. The van der Waals surface area contributed by atoms with Crippen molar-refractivity contribution in [2.45, 2.75) is 127 Å². The third-order valence-corrected chi connectivity index (χ3v) is 10.3. The number of fused-ring (bicyclic) bond motifs is 2. The van der Waals surface area contributed by atoms with Crippen molar-refractivity contribution in [3.05, 3.63) is 96.1 Å². The van der Waals surface area contributed by atoms with Crippen LogP contribution in [0.5, 0.6) is 0 Å². The van der Waals surface area contributed by atoms with Crippen LogP contribution in [0.25, 0.3) is 0 Å². The number of anilines is 2. The second kappa shape index (κ2) is 18.4. The Bertz CT molecular complexity index is 1690. The van der Waals surface area contributed by atoms with Gasteiger partial charge in [0.05, 0.1) is 25.3 Å². The highest BCUT2D eigenvalue weighted by Crippen LogP contribution is 2.42. The first-order valence-electron chi connectivity index (χ1n) is 19.7. The molecule has 0 aliphatic carbocycles. The van der Waals surface area contributed by atoms with Crippen LogP contribution in [-0.2, 0) is 51.1 Å². The number of urea groups is 2. The summed E-state index contributed by atoms with van der Waals surface area (Å²) in [7, 11) is 0. The molecule has 4 aliphatic heterocycles. The Kier molecular flexibility index (Phi) is 13.3. The minimum absolute atomic E-state index is 0.170. The van der Waals surface area contributed by atoms with Crippen LogP contribution in [0.3, 0.4) is 0 Å². The van der Waals surface area contributed by atoms with Gasteiger partial charge in [0.25, 0.3) is 0 Å². The summed E-state index contributed by atoms with van der Waals surface area (Å²) in [5, 5.41) is 31.5. The molecule has 0 aromatic heterocycles. The zero-order valence-corrected chi connectivity index (χ0v) is 33.1. The quantitative estimate of drug-likeness (QED) is 0.120. The van der Waals surface area contributed by atoms with Gasteiger partial charge in [0.1, 0.15) is 36.6 Å². The van der Waals surface area contributed by atoms with E-state index < -0.39 is 84.9 Å². The van der Waals surface area contributed by atoms with Crippen LogP contribution >= 0.6 is 0 Å². The molecule has 16 nitrogen and oxygen atoms in total. The number of carbonyl (C=O) groups is 2. The summed E-state index contributed by atoms with van der Waals surface area (Å²) < 4.78 is 49.6. The van der Waals surface area contributed by atoms with Gasteiger partial charge in [0, 0.05) is 24.6 Å². The molecule has 2 unspecified atom stereocenters. The van der Waals surface area contributed by atoms with Crippen LogP contribution in [0.2, 0.25) is 0 Å². The molecular weight excluding hydrogens is 752 g/mol. The largest absolute Gasteiger partial charge is 0.396 e. The standard InChI is InChI=1S/C42H54N4O12/c1-41(2)55-35-33(51-23-25-12-7-5-8-13-25)31(53-37(35)57-41)29(18-20-47)45-39(49)43-27-16-11-17-28(22-27)44-40(50)46-30(19-21-48)32-34(52-24-26-14-9-6-10-15-26)36-38(54-32)58-42(3,4)56-36/h5-17,22,29-38,47-48H,18-21,23-24H2,1-4H3,(H2,43,45,49)(H2,44,46,50)/t29-,30-,31?,32?,33-,34-,35+,36+,37+,38+/m0/s1. The van der Waals surface area contributed by atoms with E-state index in [4.69, 9.17) is 37.9 Å². The van der Waals surface area contributed by atoms with Crippen molar-refractivity contribution in [1.82, 2.24) is 10.6 Å². The first kappa shape index (κ1) is 41.9. The first-order chi connectivity index (χ1) is 27.9. The van der Waals surface area contributed by atoms with Gasteiger partial charge in [-0.05, 0) is 69.9 Å². The molecule has 7 rings (SSSR count). The lowest BCUT2D eigenvalue weighted by atomic mass is 10.0. The van der Waals surface area contributed by atoms with Gasteiger partial charge in [-0.2, -0.15) is 0 Å². The van der Waals surface area contributed by atoms with E-state index in [0.29, 0.717) is 11.4 Å². The minimum Gasteiger partial charge on any atom is -0.396 e. The summed E-state index contributed by atoms with van der Waals surface area (Å²) in [6.45, 7) is 7.30. The Balaban J connectivity index is 0.974. The molecule has 0 spiro atoms. The molecule has 4 amide bonds. The highest BCUT2D eigenvalue weighted by molar-refractivity contribution is 5.93. The third-order valence-electron chi connectivity index (χ3n) is 10.3. The Morgan fingerprint density at radius 1 is 0.621 bits per heavy atom. The smallest absolute Gasteiger partial charge is 0.319 e. The maximum atomic E-state index is 13.5. The number of hydrogen-bond acceptors (Lipinski definition) is 12. The van der Waals surface area contributed by atoms with Crippen molar-refractivity contribution in [2.24, 2.45) is 0 Å². The summed E-state index contributed by atoms with van der Waals surface area (Å²) in [4.78, 5) is 26.9. The van der Waals surface area contributed by atoms with E-state index in [2.05, 4.69) is 21.3 Å². The van der Waals surface area contributed by atoms with E-state index in [1.807, 2.05) is 60.7 Å². The molecule has 3 aromatic carbocycles. The van der Waals surface area contributed by atoms with Gasteiger partial charge in [-0.1, -0.05) is 66.7 Å². The van der Waals surface area contributed by atoms with Crippen molar-refractivity contribution in [1.29, 1.82) is 0 Å². The van der Waals surface area contributed by atoms with Gasteiger partial charge in [-0.25, -0.2) is 9.59 Å². The molecule has 3 aromatic rings. The molecule has 16 heteroatoms. The Hall–Kier alpha value is -4.20. The van der Waals surface area contributed by atoms with E-state index in [-0.39, 0.29) is 39.3 Å². The number of amides is 4. The Morgan fingerprint density at radius 2 is 1.03 bits per heavy atom. The number of ether oxygens (including phenoxy) is 8. The highest BCUT2D eigenvalue weighted by Gasteiger charge is 2.58. The fourth-order valence-corrected chi connectivity index (χ4v) is 7.83. The first-order valence-corrected chi connectivity index (χ1v) is 19.7. The van der Waals surface area contributed by atoms with E-state index in [0.717, 1.165) is 11.1 Å². The van der Waals surface area contributed by atoms with Gasteiger partial charge < -0.3 is 69.4 Å². The minimum atomic E-state index is -0.883. The summed E-state index contributed by atoms with van der Waals surface area (Å²) in [6, 6.07) is 23.5. The molecule has 0 bridgehead atoms.